The van der Waals surface area contributed by atoms with Gasteiger partial charge in [-0.05, 0) is 162 Å². The van der Waals surface area contributed by atoms with Crippen molar-refractivity contribution in [2.24, 2.45) is 4.99 Å². The van der Waals surface area contributed by atoms with E-state index < -0.39 is 0 Å². The predicted molar refractivity (Wildman–Crippen MR) is 485 cm³/mol. The number of fused-ring (bicyclic) bond motifs is 8. The molecular weight excluding hydrogens is 1450 g/mol. The Morgan fingerprint density at radius 3 is 1.18 bits per heavy atom. The zero-order valence-corrected chi connectivity index (χ0v) is 68.4. The monoisotopic (exact) mass is 1540 g/mol. The second kappa shape index (κ2) is 30.6. The highest BCUT2D eigenvalue weighted by Crippen LogP contribution is 2.49. The number of thiazole rings is 2. The fourth-order valence-corrected chi connectivity index (χ4v) is 17.2. The number of benzene rings is 14. The third-order valence-electron chi connectivity index (χ3n) is 21.4. The lowest BCUT2D eigenvalue weighted by atomic mass is 9.79. The average Bonchev–Trinajstić information content (AvgIpc) is 1.61. The summed E-state index contributed by atoms with van der Waals surface area (Å²) in [5.74, 6) is 0.380. The first-order valence-electron chi connectivity index (χ1n) is 38.9. The number of furan rings is 2. The van der Waals surface area contributed by atoms with Gasteiger partial charge >= 0.3 is 0 Å². The van der Waals surface area contributed by atoms with Crippen LogP contribution in [0.15, 0.2) is 305 Å². The van der Waals surface area contributed by atoms with E-state index in [1.54, 1.807) is 35.0 Å². The molecule has 18 aromatic rings. The summed E-state index contributed by atoms with van der Waals surface area (Å²) in [6, 6.07) is 101. The number of carbonyl (C=O) groups excluding carboxylic acids is 1. The predicted octanol–water partition coefficient (Wildman–Crippen LogP) is 29.2. The molecule has 568 valence electrons. The first-order valence-corrected chi connectivity index (χ1v) is 40.6. The van der Waals surface area contributed by atoms with Crippen LogP contribution in [0.25, 0.3) is 152 Å². The Kier molecular flexibility index (Phi) is 20.3. The summed E-state index contributed by atoms with van der Waals surface area (Å²) in [4.78, 5) is 26.6. The number of rotatable bonds is 11. The molecule has 0 aliphatic rings. The van der Waals surface area contributed by atoms with E-state index >= 15 is 0 Å². The molecule has 0 spiro atoms. The molecule has 4 N–H and O–H groups in total. The number of nitrogens with zero attached hydrogens (tertiary/aromatic N) is 3. The summed E-state index contributed by atoms with van der Waals surface area (Å²) in [6.45, 7) is 25.4. The number of aromatic nitrogens is 2. The molecule has 0 bridgehead atoms. The van der Waals surface area contributed by atoms with Crippen molar-refractivity contribution in [2.75, 3.05) is 5.73 Å². The summed E-state index contributed by atoms with van der Waals surface area (Å²) in [5.41, 5.74) is 32.9. The second-order valence-electron chi connectivity index (χ2n) is 33.6. The minimum Gasteiger partial charge on any atom is -0.507 e. The minimum atomic E-state index is -0.237. The van der Waals surface area contributed by atoms with Crippen LogP contribution in [-0.4, -0.2) is 32.7 Å². The van der Waals surface area contributed by atoms with Gasteiger partial charge in [-0.3, -0.25) is 9.79 Å². The Balaban J connectivity index is 0.000000149. The molecule has 0 saturated heterocycles. The number of aldehydes is 1. The zero-order chi connectivity index (χ0) is 80.2. The van der Waals surface area contributed by atoms with E-state index in [1.807, 2.05) is 106 Å². The highest BCUT2D eigenvalue weighted by atomic mass is 32.1. The van der Waals surface area contributed by atoms with Crippen LogP contribution in [0.4, 0.5) is 11.4 Å². The van der Waals surface area contributed by atoms with Crippen LogP contribution in [0.5, 0.6) is 11.5 Å². The van der Waals surface area contributed by atoms with Gasteiger partial charge in [-0.15, -0.1) is 22.7 Å². The van der Waals surface area contributed by atoms with Crippen molar-refractivity contribution in [3.63, 3.8) is 0 Å². The van der Waals surface area contributed by atoms with Gasteiger partial charge in [-0.25, -0.2) is 9.97 Å². The normalized spacial score (nSPS) is 12.1. The SMILES string of the molecule is CC(C)(C)c1cc(C=Nc2ccccc2-c2nc3c(-c4cccc5c4oc4ccccc45)cc(-c4cccc(-c5ccccc5)c4)cc3s2)c(O)c(C(C)(C)C)c1.CC(C)(C)c1cc(C=O)c(O)c(C(C)(C)C)c1.Nc1ccccc1-c1nc2c(-c3cccc4c3oc3ccccc34)cc(-c3cccc(-c4ccccc4)c3)cc2s1. The molecular formula is C104H90N4O5S2. The van der Waals surface area contributed by atoms with Crippen molar-refractivity contribution in [3.8, 4) is 99.4 Å². The maximum atomic E-state index is 11.5. The molecule has 115 heavy (non-hydrogen) atoms. The number of aromatic hydroxyl groups is 2. The highest BCUT2D eigenvalue weighted by molar-refractivity contribution is 7.22. The fraction of sp³-hybridized carbons (Fsp3) is 0.154. The van der Waals surface area contributed by atoms with Crippen LogP contribution < -0.4 is 5.73 Å². The van der Waals surface area contributed by atoms with Crippen LogP contribution in [-0.2, 0) is 21.7 Å². The first-order chi connectivity index (χ1) is 55.2. The summed E-state index contributed by atoms with van der Waals surface area (Å²) in [5, 5.41) is 27.8. The van der Waals surface area contributed by atoms with Crippen molar-refractivity contribution >= 4 is 111 Å². The molecule has 14 aromatic carbocycles. The molecule has 0 aliphatic heterocycles. The quantitative estimate of drug-likeness (QED) is 0.0659. The molecule has 0 amide bonds. The van der Waals surface area contributed by atoms with Gasteiger partial charge in [0.2, 0.25) is 0 Å². The maximum Gasteiger partial charge on any atom is 0.153 e. The van der Waals surface area contributed by atoms with Gasteiger partial charge in [0, 0.05) is 83.5 Å². The van der Waals surface area contributed by atoms with Gasteiger partial charge in [-0.2, -0.15) is 0 Å². The molecule has 9 nitrogen and oxygen atoms in total. The number of aliphatic imine (C=N–C) groups is 1. The fourth-order valence-electron chi connectivity index (χ4n) is 15.1. The number of nitrogen functional groups attached to an aromatic ring is 1. The third-order valence-corrected chi connectivity index (χ3v) is 23.5. The topological polar surface area (TPSA) is 148 Å². The smallest absolute Gasteiger partial charge is 0.153 e. The Hall–Kier alpha value is -12.8. The van der Waals surface area contributed by atoms with E-state index in [-0.39, 0.29) is 33.2 Å². The zero-order valence-electron chi connectivity index (χ0n) is 66.7. The average molecular weight is 1540 g/mol. The summed E-state index contributed by atoms with van der Waals surface area (Å²) in [6.07, 6.45) is 2.53. The van der Waals surface area contributed by atoms with Gasteiger partial charge in [-0.1, -0.05) is 289 Å². The Bertz CT molecular complexity index is 6770. The second-order valence-corrected chi connectivity index (χ2v) is 35.7. The third kappa shape index (κ3) is 15.4. The first kappa shape index (κ1) is 76.2. The summed E-state index contributed by atoms with van der Waals surface area (Å²) in [7, 11) is 0. The van der Waals surface area contributed by atoms with Gasteiger partial charge in [0.25, 0.3) is 0 Å². The Labute approximate surface area is 679 Å². The molecule has 0 radical (unpaired) electrons. The number of carbonyl (C=O) groups is 1. The van der Waals surface area contributed by atoms with Crippen molar-refractivity contribution in [3.05, 3.63) is 325 Å². The van der Waals surface area contributed by atoms with Crippen LogP contribution in [0.2, 0.25) is 0 Å². The van der Waals surface area contributed by atoms with E-state index in [4.69, 9.17) is 29.5 Å². The van der Waals surface area contributed by atoms with Crippen LogP contribution >= 0.6 is 22.7 Å². The van der Waals surface area contributed by atoms with Crippen molar-refractivity contribution in [1.82, 2.24) is 9.97 Å². The standard InChI is InChI=1S/C52H44N2O2S.C37H24N2OS.C15H22O2/c1-51(2,3)37-27-36(48(55)43(30-37)52(4,5)6)31-53-44-24-12-10-21-41(44)50-54-47-42(40-23-15-22-39-38-20-11-13-25-45(38)56-49(39)40)28-35(29-46(47)57-50)34-19-14-18-33(26-34)32-16-8-7-9-17-32;38-32-18-6-4-15-30(32)37-39-35-31(29-17-9-16-28-27-14-5-7-19-33(27)40-36(28)29)21-26(22-34(35)41-37)25-13-8-12-24(20-25)23-10-2-1-3-11-23;1-14(2,3)11-7-10(9-16)13(17)12(8-11)15(4,5)6/h7-31,55H,1-6H3;1-22H,38H2;7-9,17H,1-6H3. The molecule has 11 heteroatoms. The number of para-hydroxylation sites is 6. The number of anilines is 1. The molecule has 0 saturated carbocycles. The van der Waals surface area contributed by atoms with Crippen LogP contribution in [0.1, 0.15) is 121 Å². The summed E-state index contributed by atoms with van der Waals surface area (Å²) < 4.78 is 15.2. The largest absolute Gasteiger partial charge is 0.507 e. The molecule has 0 fully saturated rings. The lowest BCUT2D eigenvalue weighted by Gasteiger charge is -2.27. The van der Waals surface area contributed by atoms with E-state index in [9.17, 15) is 15.0 Å². The van der Waals surface area contributed by atoms with Crippen molar-refractivity contribution < 1.29 is 23.8 Å². The van der Waals surface area contributed by atoms with Gasteiger partial charge in [0.1, 0.15) is 43.8 Å². The molecule has 4 heterocycles. The van der Waals surface area contributed by atoms with E-state index in [2.05, 4.69) is 263 Å². The van der Waals surface area contributed by atoms with E-state index in [0.29, 0.717) is 11.1 Å². The van der Waals surface area contributed by atoms with Crippen LogP contribution in [0.3, 0.4) is 0 Å². The lowest BCUT2D eigenvalue weighted by molar-refractivity contribution is 0.112. The van der Waals surface area contributed by atoms with E-state index in [0.717, 1.165) is 170 Å². The van der Waals surface area contributed by atoms with Gasteiger partial charge in [0.05, 0.1) is 31.7 Å². The van der Waals surface area contributed by atoms with E-state index in [1.165, 1.54) is 22.3 Å². The van der Waals surface area contributed by atoms with Gasteiger partial charge < -0.3 is 24.8 Å². The molecule has 4 aromatic heterocycles. The number of nitrogens with two attached hydrogens (primary N) is 1. The summed E-state index contributed by atoms with van der Waals surface area (Å²) >= 11 is 3.34. The van der Waals surface area contributed by atoms with Crippen LogP contribution in [0, 0.1) is 0 Å². The highest BCUT2D eigenvalue weighted by Gasteiger charge is 2.28. The molecule has 0 unspecified atom stereocenters. The number of phenols is 2. The minimum absolute atomic E-state index is 0.0362. The lowest BCUT2D eigenvalue weighted by Crippen LogP contribution is -2.17. The number of hydrogen-bond donors (Lipinski definition) is 3. The van der Waals surface area contributed by atoms with Crippen molar-refractivity contribution in [1.29, 1.82) is 0 Å². The molecule has 18 rings (SSSR count). The number of hydrogen-bond acceptors (Lipinski definition) is 11. The Morgan fingerprint density at radius 2 is 0.722 bits per heavy atom. The van der Waals surface area contributed by atoms with Gasteiger partial charge in [0.15, 0.2) is 6.29 Å². The maximum absolute atomic E-state index is 11.5. The molecule has 0 aliphatic carbocycles. The Morgan fingerprint density at radius 1 is 0.348 bits per heavy atom. The van der Waals surface area contributed by atoms with Crippen molar-refractivity contribution in [2.45, 2.75) is 105 Å². The number of phenolic OH excluding ortho intramolecular Hbond substituents is 2. The molecule has 0 atom stereocenters.